The van der Waals surface area contributed by atoms with Crippen LogP contribution in [0.5, 0.6) is 0 Å². The molecule has 1 nitrogen and oxygen atoms in total. The molecule has 1 atom stereocenters. The highest BCUT2D eigenvalue weighted by Gasteiger charge is 2.09. The van der Waals surface area contributed by atoms with Gasteiger partial charge in [-0.1, -0.05) is 18.2 Å². The van der Waals surface area contributed by atoms with Gasteiger partial charge in [0.15, 0.2) is 0 Å². The summed E-state index contributed by atoms with van der Waals surface area (Å²) < 4.78 is 0. The molecule has 0 aliphatic heterocycles. The van der Waals surface area contributed by atoms with Crippen molar-refractivity contribution in [3.63, 3.8) is 0 Å². The summed E-state index contributed by atoms with van der Waals surface area (Å²) in [4.78, 5) is 4.02. The Bertz CT molecular complexity index is 545. The molecule has 3 heteroatoms. The van der Waals surface area contributed by atoms with E-state index in [0.717, 1.165) is 5.75 Å². The van der Waals surface area contributed by atoms with E-state index >= 15 is 0 Å². The predicted molar refractivity (Wildman–Crippen MR) is 88.5 cm³/mol. The van der Waals surface area contributed by atoms with Crippen LogP contribution in [-0.2, 0) is 0 Å². The highest BCUT2D eigenvalue weighted by Crippen LogP contribution is 2.31. The van der Waals surface area contributed by atoms with Crippen molar-refractivity contribution >= 4 is 28.8 Å². The Morgan fingerprint density at radius 2 is 2.11 bits per heavy atom. The molecule has 0 amide bonds. The van der Waals surface area contributed by atoms with Crippen LogP contribution < -0.4 is 5.32 Å². The summed E-state index contributed by atoms with van der Waals surface area (Å²) in [5.74, 6) is 0.936. The predicted octanol–water partition coefficient (Wildman–Crippen LogP) is 5.51. The molecule has 1 aromatic carbocycles. The van der Waals surface area contributed by atoms with Crippen LogP contribution in [-0.4, -0.2) is 5.75 Å². The molecule has 0 aliphatic carbocycles. The summed E-state index contributed by atoms with van der Waals surface area (Å²) in [6, 6.07) is 13.2. The van der Waals surface area contributed by atoms with E-state index in [1.54, 1.807) is 0 Å². The van der Waals surface area contributed by atoms with Crippen LogP contribution in [0.4, 0.5) is 5.69 Å². The maximum absolute atomic E-state index is 3.78. The highest BCUT2D eigenvalue weighted by atomic mass is 32.2. The average Bonchev–Trinajstić information content (AvgIpc) is 2.84. The van der Waals surface area contributed by atoms with Gasteiger partial charge in [0.25, 0.3) is 0 Å². The molecule has 0 spiro atoms. The van der Waals surface area contributed by atoms with Gasteiger partial charge in [-0.25, -0.2) is 0 Å². The van der Waals surface area contributed by atoms with Crippen LogP contribution in [0.3, 0.4) is 0 Å². The molecule has 2 aromatic rings. The lowest BCUT2D eigenvalue weighted by atomic mass is 10.2. The van der Waals surface area contributed by atoms with E-state index in [9.17, 15) is 0 Å². The minimum atomic E-state index is 0.337. The van der Waals surface area contributed by atoms with Crippen LogP contribution >= 0.6 is 23.1 Å². The van der Waals surface area contributed by atoms with Crippen molar-refractivity contribution in [1.29, 1.82) is 0 Å². The second-order valence-electron chi connectivity index (χ2n) is 4.41. The van der Waals surface area contributed by atoms with Crippen molar-refractivity contribution in [3.8, 4) is 0 Å². The van der Waals surface area contributed by atoms with Crippen molar-refractivity contribution in [1.82, 2.24) is 0 Å². The number of para-hydroxylation sites is 1. The zero-order chi connectivity index (χ0) is 13.7. The smallest absolute Gasteiger partial charge is 0.0578 e. The van der Waals surface area contributed by atoms with Gasteiger partial charge in [0.2, 0.25) is 0 Å². The maximum atomic E-state index is 3.78. The first-order chi connectivity index (χ1) is 9.20. The minimum absolute atomic E-state index is 0.337. The molecule has 100 valence electrons. The number of hydrogen-bond donors (Lipinski definition) is 1. The van der Waals surface area contributed by atoms with Crippen LogP contribution in [0.2, 0.25) is 0 Å². The monoisotopic (exact) mass is 289 g/mol. The molecule has 0 radical (unpaired) electrons. The molecule has 0 saturated carbocycles. The SMILES string of the molecule is C=CCSc1ccccc1NC(C)c1ccc(C)s1. The second-order valence-corrected chi connectivity index (χ2v) is 6.79. The quantitative estimate of drug-likeness (QED) is 0.556. The van der Waals surface area contributed by atoms with Crippen LogP contribution in [0.1, 0.15) is 22.7 Å². The summed E-state index contributed by atoms with van der Waals surface area (Å²) in [7, 11) is 0. The van der Waals surface area contributed by atoms with Gasteiger partial charge < -0.3 is 5.32 Å². The first-order valence-corrected chi connectivity index (χ1v) is 8.16. The van der Waals surface area contributed by atoms with Crippen molar-refractivity contribution in [3.05, 3.63) is 58.8 Å². The van der Waals surface area contributed by atoms with Crippen LogP contribution in [0.15, 0.2) is 53.9 Å². The van der Waals surface area contributed by atoms with Crippen LogP contribution in [0.25, 0.3) is 0 Å². The van der Waals surface area contributed by atoms with E-state index in [0.29, 0.717) is 6.04 Å². The molecule has 0 saturated heterocycles. The number of anilines is 1. The lowest BCUT2D eigenvalue weighted by Crippen LogP contribution is -2.05. The van der Waals surface area contributed by atoms with Gasteiger partial charge in [-0.15, -0.1) is 29.7 Å². The fourth-order valence-electron chi connectivity index (χ4n) is 1.85. The van der Waals surface area contributed by atoms with Crippen LogP contribution in [0, 0.1) is 6.92 Å². The number of hydrogen-bond acceptors (Lipinski definition) is 3. The average molecular weight is 289 g/mol. The zero-order valence-corrected chi connectivity index (χ0v) is 13.0. The summed E-state index contributed by atoms with van der Waals surface area (Å²) in [5, 5.41) is 3.60. The van der Waals surface area contributed by atoms with Gasteiger partial charge >= 0.3 is 0 Å². The summed E-state index contributed by atoms with van der Waals surface area (Å²) in [5.41, 5.74) is 1.20. The van der Waals surface area contributed by atoms with E-state index in [1.165, 1.54) is 20.3 Å². The molecule has 0 bridgehead atoms. The Balaban J connectivity index is 2.11. The van der Waals surface area contributed by atoms with Gasteiger partial charge in [-0.2, -0.15) is 0 Å². The van der Waals surface area contributed by atoms with Crippen molar-refractivity contribution < 1.29 is 0 Å². The fraction of sp³-hybridized carbons (Fsp3) is 0.250. The molecule has 1 unspecified atom stereocenters. The number of rotatable bonds is 6. The lowest BCUT2D eigenvalue weighted by molar-refractivity contribution is 0.902. The zero-order valence-electron chi connectivity index (χ0n) is 11.3. The molecule has 19 heavy (non-hydrogen) atoms. The number of thiophene rings is 1. The molecule has 0 aliphatic rings. The molecule has 1 N–H and O–H groups in total. The second kappa shape index (κ2) is 6.83. The number of aryl methyl sites for hydroxylation is 1. The van der Waals surface area contributed by atoms with Gasteiger partial charge in [0.1, 0.15) is 0 Å². The van der Waals surface area contributed by atoms with E-state index in [-0.39, 0.29) is 0 Å². The van der Waals surface area contributed by atoms with E-state index in [4.69, 9.17) is 0 Å². The topological polar surface area (TPSA) is 12.0 Å². The molecule has 1 aromatic heterocycles. The van der Waals surface area contributed by atoms with Crippen molar-refractivity contribution in [2.24, 2.45) is 0 Å². The van der Waals surface area contributed by atoms with Gasteiger partial charge in [-0.05, 0) is 38.1 Å². The Kier molecular flexibility index (Phi) is 5.11. The molecule has 2 rings (SSSR count). The number of thioether (sulfide) groups is 1. The number of nitrogens with one attached hydrogen (secondary N) is 1. The van der Waals surface area contributed by atoms with Gasteiger partial charge in [-0.3, -0.25) is 0 Å². The summed E-state index contributed by atoms with van der Waals surface area (Å²) in [6.45, 7) is 8.13. The Morgan fingerprint density at radius 3 is 2.79 bits per heavy atom. The van der Waals surface area contributed by atoms with E-state index in [2.05, 4.69) is 62.1 Å². The molecule has 1 heterocycles. The highest BCUT2D eigenvalue weighted by molar-refractivity contribution is 7.99. The number of benzene rings is 1. The third-order valence-electron chi connectivity index (χ3n) is 2.80. The minimum Gasteiger partial charge on any atom is -0.377 e. The Labute approximate surface area is 123 Å². The summed E-state index contributed by atoms with van der Waals surface area (Å²) in [6.07, 6.45) is 1.94. The third kappa shape index (κ3) is 3.88. The normalized spacial score (nSPS) is 12.1. The Morgan fingerprint density at radius 1 is 1.32 bits per heavy atom. The third-order valence-corrected chi connectivity index (χ3v) is 5.06. The molecular formula is C16H19NS2. The first-order valence-electron chi connectivity index (χ1n) is 6.36. The first kappa shape index (κ1) is 14.2. The van der Waals surface area contributed by atoms with Crippen molar-refractivity contribution in [2.45, 2.75) is 24.8 Å². The molecule has 0 fully saturated rings. The molecular weight excluding hydrogens is 270 g/mol. The largest absolute Gasteiger partial charge is 0.377 e. The fourth-order valence-corrected chi connectivity index (χ4v) is 3.49. The van der Waals surface area contributed by atoms with Gasteiger partial charge in [0.05, 0.1) is 6.04 Å². The van der Waals surface area contributed by atoms with Crippen molar-refractivity contribution in [2.75, 3.05) is 11.1 Å². The standard InChI is InChI=1S/C16H19NS2/c1-4-11-18-16-8-6-5-7-14(16)17-13(3)15-10-9-12(2)19-15/h4-10,13,17H,1,11H2,2-3H3. The lowest BCUT2D eigenvalue weighted by Gasteiger charge is -2.16. The van der Waals surface area contributed by atoms with Gasteiger partial charge in [0, 0.05) is 26.1 Å². The Hall–Kier alpha value is -1.19. The maximum Gasteiger partial charge on any atom is 0.0578 e. The van der Waals surface area contributed by atoms with E-state index in [1.807, 2.05) is 29.2 Å². The van der Waals surface area contributed by atoms with E-state index < -0.39 is 0 Å². The summed E-state index contributed by atoms with van der Waals surface area (Å²) >= 11 is 3.67.